The summed E-state index contributed by atoms with van der Waals surface area (Å²) in [6.45, 7) is 0.350. The second kappa shape index (κ2) is 7.85. The molecule has 2 fully saturated rings. The summed E-state index contributed by atoms with van der Waals surface area (Å²) in [5.41, 5.74) is 0.631. The summed E-state index contributed by atoms with van der Waals surface area (Å²) in [4.78, 5) is 39.7. The van der Waals surface area contributed by atoms with Gasteiger partial charge in [0.2, 0.25) is 0 Å². The highest BCUT2D eigenvalue weighted by atomic mass is 16.5. The number of benzene rings is 2. The van der Waals surface area contributed by atoms with Crippen LogP contribution in [0, 0.1) is 0 Å². The molecule has 2 aromatic rings. The molecular weight excluding hydrogens is 410 g/mol. The van der Waals surface area contributed by atoms with Gasteiger partial charge in [0.1, 0.15) is 11.5 Å². The lowest BCUT2D eigenvalue weighted by atomic mass is 9.89. The van der Waals surface area contributed by atoms with E-state index in [0.29, 0.717) is 23.4 Å². The lowest BCUT2D eigenvalue weighted by Gasteiger charge is -2.31. The predicted molar refractivity (Wildman–Crippen MR) is 115 cm³/mol. The van der Waals surface area contributed by atoms with Crippen molar-refractivity contribution in [2.75, 3.05) is 13.7 Å². The van der Waals surface area contributed by atoms with E-state index in [2.05, 4.69) is 10.6 Å². The number of carbonyl (C=O) groups is 3. The first-order chi connectivity index (χ1) is 15.5. The Morgan fingerprint density at radius 3 is 2.41 bits per heavy atom. The first-order valence-corrected chi connectivity index (χ1v) is 10.9. The summed E-state index contributed by atoms with van der Waals surface area (Å²) in [6.07, 6.45) is 4.67. The molecule has 1 saturated heterocycles. The fraction of sp³-hybridized carbons (Fsp3) is 0.375. The van der Waals surface area contributed by atoms with E-state index < -0.39 is 17.5 Å². The van der Waals surface area contributed by atoms with Crippen LogP contribution in [0.2, 0.25) is 0 Å². The standard InChI is InChI=1S/C24H25N3O5/c1-31-19-10-11-20-15(12-19)13-27(21(20)28)14-24(22(29)25-23(30)26-24)16-6-8-18(9-7-16)32-17-4-2-3-5-17/h6-12,17H,2-5,13-14H2,1H3,(H2,25,26,29,30)/t24-/m0/s1. The van der Waals surface area contributed by atoms with Crippen LogP contribution >= 0.6 is 0 Å². The Hall–Kier alpha value is -3.55. The molecule has 1 aliphatic carbocycles. The first kappa shape index (κ1) is 20.4. The molecule has 0 bridgehead atoms. The molecule has 3 aliphatic rings. The highest BCUT2D eigenvalue weighted by Gasteiger charge is 2.50. The van der Waals surface area contributed by atoms with Crippen LogP contribution in [-0.2, 0) is 16.9 Å². The Morgan fingerprint density at radius 1 is 1.03 bits per heavy atom. The van der Waals surface area contributed by atoms with E-state index >= 15 is 0 Å². The van der Waals surface area contributed by atoms with Crippen molar-refractivity contribution < 1.29 is 23.9 Å². The van der Waals surface area contributed by atoms with E-state index in [1.807, 2.05) is 18.2 Å². The molecule has 8 nitrogen and oxygen atoms in total. The maximum atomic E-state index is 13.0. The zero-order valence-corrected chi connectivity index (χ0v) is 17.8. The number of nitrogens with zero attached hydrogens (tertiary/aromatic N) is 1. The largest absolute Gasteiger partial charge is 0.497 e. The van der Waals surface area contributed by atoms with E-state index in [9.17, 15) is 14.4 Å². The number of hydrogen-bond donors (Lipinski definition) is 2. The molecule has 2 aromatic carbocycles. The number of rotatable bonds is 6. The number of imide groups is 1. The molecule has 1 atom stereocenters. The SMILES string of the molecule is COc1ccc2c(c1)CN(C[C@@]1(c3ccc(OC4CCCC4)cc3)NC(=O)NC1=O)C2=O. The summed E-state index contributed by atoms with van der Waals surface area (Å²) < 4.78 is 11.3. The summed E-state index contributed by atoms with van der Waals surface area (Å²) in [5, 5.41) is 5.09. The second-order valence-electron chi connectivity index (χ2n) is 8.55. The maximum absolute atomic E-state index is 13.0. The van der Waals surface area contributed by atoms with Crippen LogP contribution in [0.3, 0.4) is 0 Å². The second-order valence-corrected chi connectivity index (χ2v) is 8.55. The number of urea groups is 1. The number of nitrogens with one attached hydrogen (secondary N) is 2. The van der Waals surface area contributed by atoms with Gasteiger partial charge in [-0.1, -0.05) is 12.1 Å². The van der Waals surface area contributed by atoms with E-state index in [1.54, 1.807) is 36.3 Å². The van der Waals surface area contributed by atoms with Crippen LogP contribution < -0.4 is 20.1 Å². The van der Waals surface area contributed by atoms with Crippen LogP contribution in [-0.4, -0.2) is 42.5 Å². The van der Waals surface area contributed by atoms with E-state index in [1.165, 1.54) is 12.8 Å². The van der Waals surface area contributed by atoms with Crippen molar-refractivity contribution in [2.45, 2.75) is 43.9 Å². The van der Waals surface area contributed by atoms with Crippen molar-refractivity contribution in [3.8, 4) is 11.5 Å². The Kier molecular flexibility index (Phi) is 5.00. The van der Waals surface area contributed by atoms with Crippen molar-refractivity contribution in [3.05, 3.63) is 59.2 Å². The van der Waals surface area contributed by atoms with Crippen LogP contribution in [0.5, 0.6) is 11.5 Å². The summed E-state index contributed by atoms with van der Waals surface area (Å²) in [6, 6.07) is 11.9. The normalized spacial score (nSPS) is 22.7. The molecule has 5 rings (SSSR count). The minimum Gasteiger partial charge on any atom is -0.497 e. The third-order valence-corrected chi connectivity index (χ3v) is 6.51. The molecule has 0 unspecified atom stereocenters. The van der Waals surface area contributed by atoms with Gasteiger partial charge in [-0.2, -0.15) is 0 Å². The molecule has 32 heavy (non-hydrogen) atoms. The minimum atomic E-state index is -1.37. The predicted octanol–water partition coefficient (Wildman–Crippen LogP) is 2.71. The average molecular weight is 435 g/mol. The topological polar surface area (TPSA) is 97.0 Å². The zero-order valence-electron chi connectivity index (χ0n) is 17.8. The highest BCUT2D eigenvalue weighted by molar-refractivity contribution is 6.08. The summed E-state index contributed by atoms with van der Waals surface area (Å²) >= 11 is 0. The molecule has 4 amide bonds. The highest BCUT2D eigenvalue weighted by Crippen LogP contribution is 2.33. The van der Waals surface area contributed by atoms with Gasteiger partial charge in [-0.25, -0.2) is 4.79 Å². The van der Waals surface area contributed by atoms with Crippen LogP contribution in [0.4, 0.5) is 4.79 Å². The minimum absolute atomic E-state index is 0.0171. The van der Waals surface area contributed by atoms with Crippen LogP contribution in [0.1, 0.15) is 47.2 Å². The Labute approximate surface area is 185 Å². The van der Waals surface area contributed by atoms with Crippen molar-refractivity contribution in [1.29, 1.82) is 0 Å². The lowest BCUT2D eigenvalue weighted by molar-refractivity contribution is -0.124. The molecule has 0 radical (unpaired) electrons. The summed E-state index contributed by atoms with van der Waals surface area (Å²) in [7, 11) is 1.57. The Bertz CT molecular complexity index is 1080. The molecule has 8 heteroatoms. The number of hydrogen-bond acceptors (Lipinski definition) is 5. The van der Waals surface area contributed by atoms with Gasteiger partial charge < -0.3 is 19.7 Å². The Morgan fingerprint density at radius 2 is 1.75 bits per heavy atom. The van der Waals surface area contributed by atoms with Gasteiger partial charge in [-0.3, -0.25) is 14.9 Å². The first-order valence-electron chi connectivity index (χ1n) is 10.9. The average Bonchev–Trinajstić information content (AvgIpc) is 3.48. The van der Waals surface area contributed by atoms with Gasteiger partial charge in [-0.15, -0.1) is 0 Å². The third kappa shape index (κ3) is 3.45. The monoisotopic (exact) mass is 435 g/mol. The van der Waals surface area contributed by atoms with Gasteiger partial charge in [0, 0.05) is 12.1 Å². The van der Waals surface area contributed by atoms with Gasteiger partial charge in [0.05, 0.1) is 19.8 Å². The van der Waals surface area contributed by atoms with Gasteiger partial charge in [0.25, 0.3) is 11.8 Å². The number of amides is 4. The maximum Gasteiger partial charge on any atom is 0.322 e. The Balaban J connectivity index is 1.41. The molecule has 2 heterocycles. The lowest BCUT2D eigenvalue weighted by Crippen LogP contribution is -2.52. The number of fused-ring (bicyclic) bond motifs is 1. The molecule has 2 N–H and O–H groups in total. The van der Waals surface area contributed by atoms with E-state index in [4.69, 9.17) is 9.47 Å². The third-order valence-electron chi connectivity index (χ3n) is 6.51. The zero-order chi connectivity index (χ0) is 22.3. The molecule has 166 valence electrons. The number of methoxy groups -OCH3 is 1. The van der Waals surface area contributed by atoms with Gasteiger partial charge >= 0.3 is 6.03 Å². The number of carbonyl (C=O) groups excluding carboxylic acids is 3. The quantitative estimate of drug-likeness (QED) is 0.680. The van der Waals surface area contributed by atoms with Crippen LogP contribution in [0.15, 0.2) is 42.5 Å². The molecule has 0 aromatic heterocycles. The molecule has 0 spiro atoms. The number of ether oxygens (including phenoxy) is 2. The van der Waals surface area contributed by atoms with Crippen LogP contribution in [0.25, 0.3) is 0 Å². The van der Waals surface area contributed by atoms with E-state index in [0.717, 1.165) is 24.2 Å². The fourth-order valence-electron chi connectivity index (χ4n) is 4.81. The van der Waals surface area contributed by atoms with Crippen molar-refractivity contribution in [2.24, 2.45) is 0 Å². The molecular formula is C24H25N3O5. The molecule has 1 saturated carbocycles. The van der Waals surface area contributed by atoms with Gasteiger partial charge in [-0.05, 0) is 67.1 Å². The van der Waals surface area contributed by atoms with E-state index in [-0.39, 0.29) is 18.6 Å². The van der Waals surface area contributed by atoms with Gasteiger partial charge in [0.15, 0.2) is 5.54 Å². The summed E-state index contributed by atoms with van der Waals surface area (Å²) in [5.74, 6) is 0.737. The fourth-order valence-corrected chi connectivity index (χ4v) is 4.81. The van der Waals surface area contributed by atoms with Crippen molar-refractivity contribution in [3.63, 3.8) is 0 Å². The van der Waals surface area contributed by atoms with Crippen molar-refractivity contribution >= 4 is 17.8 Å². The smallest absolute Gasteiger partial charge is 0.322 e. The van der Waals surface area contributed by atoms with Crippen molar-refractivity contribution in [1.82, 2.24) is 15.5 Å². The molecule has 2 aliphatic heterocycles.